The molecule has 0 aliphatic carbocycles. The van der Waals surface area contributed by atoms with E-state index >= 15 is 0 Å². The van der Waals surface area contributed by atoms with Gasteiger partial charge in [-0.3, -0.25) is 9.69 Å². The number of likely N-dealkylation sites (N-methyl/N-ethyl adjacent to an activating group) is 1. The third kappa shape index (κ3) is 2.54. The van der Waals surface area contributed by atoms with E-state index in [4.69, 9.17) is 9.47 Å². The molecule has 96 valence electrons. The lowest BCUT2D eigenvalue weighted by atomic mass is 10.0. The summed E-state index contributed by atoms with van der Waals surface area (Å²) in [7, 11) is 5.15. The summed E-state index contributed by atoms with van der Waals surface area (Å²) in [5, 5.41) is 0. The molecular weight excluding hydrogens is 230 g/mol. The van der Waals surface area contributed by atoms with Crippen LogP contribution in [0.1, 0.15) is 5.56 Å². The molecule has 0 unspecified atom stereocenters. The van der Waals surface area contributed by atoms with E-state index in [9.17, 15) is 4.79 Å². The topological polar surface area (TPSA) is 38.8 Å². The second-order valence-corrected chi connectivity index (χ2v) is 4.38. The Labute approximate surface area is 107 Å². The smallest absolute Gasteiger partial charge is 0.169 e. The molecule has 0 saturated heterocycles. The maximum atomic E-state index is 11.6. The second kappa shape index (κ2) is 5.23. The normalized spacial score (nSPS) is 16.4. The maximum absolute atomic E-state index is 11.6. The Balaban J connectivity index is 2.36. The van der Waals surface area contributed by atoms with Crippen LogP contribution < -0.4 is 9.47 Å². The van der Waals surface area contributed by atoms with Gasteiger partial charge in [0.1, 0.15) is 0 Å². The first kappa shape index (κ1) is 12.6. The minimum absolute atomic E-state index is 0.133. The molecule has 0 N–H and O–H groups in total. The van der Waals surface area contributed by atoms with Crippen molar-refractivity contribution < 1.29 is 14.3 Å². The van der Waals surface area contributed by atoms with E-state index < -0.39 is 0 Å². The predicted octanol–water partition coefficient (Wildman–Crippen LogP) is 1.60. The van der Waals surface area contributed by atoms with E-state index in [1.165, 1.54) is 0 Å². The summed E-state index contributed by atoms with van der Waals surface area (Å²) in [5.74, 6) is 1.50. The zero-order valence-electron chi connectivity index (χ0n) is 10.9. The third-order valence-corrected chi connectivity index (χ3v) is 2.96. The lowest BCUT2D eigenvalue weighted by Crippen LogP contribution is -2.31. The quantitative estimate of drug-likeness (QED) is 0.813. The van der Waals surface area contributed by atoms with Crippen LogP contribution in [0.25, 0.3) is 5.57 Å². The fourth-order valence-corrected chi connectivity index (χ4v) is 2.11. The van der Waals surface area contributed by atoms with Crippen molar-refractivity contribution in [1.29, 1.82) is 0 Å². The zero-order valence-corrected chi connectivity index (χ0v) is 10.9. The Kier molecular flexibility index (Phi) is 3.67. The number of rotatable bonds is 3. The van der Waals surface area contributed by atoms with Crippen molar-refractivity contribution in [3.8, 4) is 11.5 Å². The lowest BCUT2D eigenvalue weighted by Gasteiger charge is -2.22. The summed E-state index contributed by atoms with van der Waals surface area (Å²) in [4.78, 5) is 13.6. The number of carbonyl (C=O) groups excluding carboxylic acids is 1. The molecule has 0 radical (unpaired) electrons. The van der Waals surface area contributed by atoms with E-state index in [-0.39, 0.29) is 5.78 Å². The van der Waals surface area contributed by atoms with Crippen LogP contribution >= 0.6 is 0 Å². The van der Waals surface area contributed by atoms with Gasteiger partial charge in [-0.15, -0.1) is 0 Å². The molecule has 4 heteroatoms. The van der Waals surface area contributed by atoms with Crippen molar-refractivity contribution in [1.82, 2.24) is 4.90 Å². The van der Waals surface area contributed by atoms with Crippen LogP contribution in [-0.2, 0) is 4.79 Å². The highest BCUT2D eigenvalue weighted by molar-refractivity contribution is 6.00. The standard InChI is InChI=1S/C14H17NO3/c1-15-8-11(6-12(16)9-15)10-4-5-13(17-2)14(7-10)18-3/h4-7H,8-9H2,1-3H3. The van der Waals surface area contributed by atoms with Crippen molar-refractivity contribution in [2.45, 2.75) is 0 Å². The number of hydrogen-bond acceptors (Lipinski definition) is 4. The molecule has 4 nitrogen and oxygen atoms in total. The molecule has 0 bridgehead atoms. The average molecular weight is 247 g/mol. The van der Waals surface area contributed by atoms with Gasteiger partial charge in [0.2, 0.25) is 0 Å². The fraction of sp³-hybridized carbons (Fsp3) is 0.357. The van der Waals surface area contributed by atoms with E-state index in [0.29, 0.717) is 18.0 Å². The van der Waals surface area contributed by atoms with Gasteiger partial charge in [0.15, 0.2) is 17.3 Å². The van der Waals surface area contributed by atoms with Gasteiger partial charge in [-0.05, 0) is 36.4 Å². The summed E-state index contributed by atoms with van der Waals surface area (Å²) in [6, 6.07) is 5.70. The summed E-state index contributed by atoms with van der Waals surface area (Å²) < 4.78 is 10.5. The molecule has 1 aromatic rings. The minimum Gasteiger partial charge on any atom is -0.493 e. The van der Waals surface area contributed by atoms with Crippen molar-refractivity contribution in [2.75, 3.05) is 34.4 Å². The highest BCUT2D eigenvalue weighted by Crippen LogP contribution is 2.31. The monoisotopic (exact) mass is 247 g/mol. The van der Waals surface area contributed by atoms with Crippen LogP contribution in [-0.4, -0.2) is 45.0 Å². The van der Waals surface area contributed by atoms with Crippen molar-refractivity contribution in [3.05, 3.63) is 29.8 Å². The van der Waals surface area contributed by atoms with Crippen LogP contribution in [0.5, 0.6) is 11.5 Å². The van der Waals surface area contributed by atoms with Crippen molar-refractivity contribution in [3.63, 3.8) is 0 Å². The summed E-state index contributed by atoms with van der Waals surface area (Å²) >= 11 is 0. The summed E-state index contributed by atoms with van der Waals surface area (Å²) in [5.41, 5.74) is 2.00. The Morgan fingerprint density at radius 3 is 2.44 bits per heavy atom. The van der Waals surface area contributed by atoms with Gasteiger partial charge in [0.25, 0.3) is 0 Å². The number of methoxy groups -OCH3 is 2. The maximum Gasteiger partial charge on any atom is 0.169 e. The Morgan fingerprint density at radius 2 is 1.83 bits per heavy atom. The van der Waals surface area contributed by atoms with Gasteiger partial charge in [-0.25, -0.2) is 0 Å². The van der Waals surface area contributed by atoms with E-state index in [1.54, 1.807) is 20.3 Å². The Hall–Kier alpha value is -1.81. The second-order valence-electron chi connectivity index (χ2n) is 4.38. The van der Waals surface area contributed by atoms with Gasteiger partial charge in [0.05, 0.1) is 20.8 Å². The molecule has 0 saturated carbocycles. The van der Waals surface area contributed by atoms with E-state index in [0.717, 1.165) is 17.7 Å². The molecule has 2 rings (SSSR count). The van der Waals surface area contributed by atoms with Gasteiger partial charge >= 0.3 is 0 Å². The number of hydrogen-bond donors (Lipinski definition) is 0. The minimum atomic E-state index is 0.133. The highest BCUT2D eigenvalue weighted by Gasteiger charge is 2.17. The van der Waals surface area contributed by atoms with Crippen LogP contribution in [0.2, 0.25) is 0 Å². The summed E-state index contributed by atoms with van der Waals surface area (Å²) in [6.45, 7) is 1.25. The molecule has 0 atom stereocenters. The molecule has 1 aliphatic rings. The average Bonchev–Trinajstić information content (AvgIpc) is 2.36. The van der Waals surface area contributed by atoms with Gasteiger partial charge in [-0.1, -0.05) is 6.07 Å². The molecule has 1 aliphatic heterocycles. The number of carbonyl (C=O) groups is 1. The Morgan fingerprint density at radius 1 is 1.11 bits per heavy atom. The first-order chi connectivity index (χ1) is 8.63. The number of nitrogens with zero attached hydrogens (tertiary/aromatic N) is 1. The molecule has 1 heterocycles. The zero-order chi connectivity index (χ0) is 13.1. The molecular formula is C14H17NO3. The van der Waals surface area contributed by atoms with Crippen molar-refractivity contribution in [2.24, 2.45) is 0 Å². The van der Waals surface area contributed by atoms with Gasteiger partial charge in [0, 0.05) is 6.54 Å². The molecule has 18 heavy (non-hydrogen) atoms. The van der Waals surface area contributed by atoms with Crippen LogP contribution in [0.15, 0.2) is 24.3 Å². The third-order valence-electron chi connectivity index (χ3n) is 2.96. The Bertz CT molecular complexity index is 494. The predicted molar refractivity (Wildman–Crippen MR) is 70.0 cm³/mol. The number of benzene rings is 1. The first-order valence-electron chi connectivity index (χ1n) is 5.78. The van der Waals surface area contributed by atoms with Crippen LogP contribution in [0.4, 0.5) is 0 Å². The number of ether oxygens (including phenoxy) is 2. The van der Waals surface area contributed by atoms with E-state index in [2.05, 4.69) is 0 Å². The number of ketones is 1. The molecule has 1 aromatic carbocycles. The highest BCUT2D eigenvalue weighted by atomic mass is 16.5. The molecule has 0 aromatic heterocycles. The molecule has 0 spiro atoms. The first-order valence-corrected chi connectivity index (χ1v) is 5.78. The SMILES string of the molecule is COc1ccc(C2=CC(=O)CN(C)C2)cc1OC. The lowest BCUT2D eigenvalue weighted by molar-refractivity contribution is -0.115. The summed E-state index contributed by atoms with van der Waals surface area (Å²) in [6.07, 6.45) is 1.71. The van der Waals surface area contributed by atoms with Crippen molar-refractivity contribution >= 4 is 11.4 Å². The molecule has 0 fully saturated rings. The van der Waals surface area contributed by atoms with Gasteiger partial charge in [-0.2, -0.15) is 0 Å². The largest absolute Gasteiger partial charge is 0.493 e. The fourth-order valence-electron chi connectivity index (χ4n) is 2.11. The van der Waals surface area contributed by atoms with Gasteiger partial charge < -0.3 is 9.47 Å². The van der Waals surface area contributed by atoms with Crippen LogP contribution in [0.3, 0.4) is 0 Å². The van der Waals surface area contributed by atoms with Crippen LogP contribution in [0, 0.1) is 0 Å². The molecule has 0 amide bonds. The van der Waals surface area contributed by atoms with E-state index in [1.807, 2.05) is 30.1 Å².